The van der Waals surface area contributed by atoms with E-state index in [2.05, 4.69) is 10.1 Å². The number of carbonyl (C=O) groups is 2. The van der Waals surface area contributed by atoms with Crippen LogP contribution in [0.15, 0.2) is 18.2 Å². The van der Waals surface area contributed by atoms with Crippen LogP contribution in [0.1, 0.15) is 16.8 Å². The van der Waals surface area contributed by atoms with Crippen molar-refractivity contribution in [2.45, 2.75) is 6.42 Å². The van der Waals surface area contributed by atoms with Gasteiger partial charge in [-0.25, -0.2) is 4.79 Å². The Labute approximate surface area is 115 Å². The number of anilines is 1. The Kier molecular flexibility index (Phi) is 4.39. The van der Waals surface area contributed by atoms with Crippen LogP contribution in [-0.2, 0) is 14.3 Å². The van der Waals surface area contributed by atoms with Crippen molar-refractivity contribution in [3.8, 4) is 0 Å². The molecular weight excluding hydrogens is 270 g/mol. The van der Waals surface area contributed by atoms with Gasteiger partial charge in [0.05, 0.1) is 35.9 Å². The Morgan fingerprint density at radius 1 is 1.47 bits per heavy atom. The molecule has 1 aliphatic heterocycles. The molecule has 1 aromatic carbocycles. The predicted molar refractivity (Wildman–Crippen MR) is 70.3 cm³/mol. The quantitative estimate of drug-likeness (QED) is 0.863. The van der Waals surface area contributed by atoms with Crippen LogP contribution in [0.4, 0.5) is 5.69 Å². The summed E-state index contributed by atoms with van der Waals surface area (Å²) in [6.45, 7) is 1.01. The van der Waals surface area contributed by atoms with Gasteiger partial charge < -0.3 is 14.8 Å². The minimum Gasteiger partial charge on any atom is -0.465 e. The number of carbonyl (C=O) groups excluding carboxylic acids is 2. The Bertz CT molecular complexity index is 497. The minimum atomic E-state index is -0.476. The van der Waals surface area contributed by atoms with Gasteiger partial charge in [-0.15, -0.1) is 0 Å². The van der Waals surface area contributed by atoms with Crippen molar-refractivity contribution in [1.82, 2.24) is 0 Å². The molecule has 19 heavy (non-hydrogen) atoms. The van der Waals surface area contributed by atoms with E-state index in [1.54, 1.807) is 12.1 Å². The van der Waals surface area contributed by atoms with Gasteiger partial charge in [0.15, 0.2) is 0 Å². The summed E-state index contributed by atoms with van der Waals surface area (Å²) in [7, 11) is 1.30. The third-order valence-corrected chi connectivity index (χ3v) is 3.28. The molecule has 1 saturated heterocycles. The highest BCUT2D eigenvalue weighted by Gasteiger charge is 2.24. The summed E-state index contributed by atoms with van der Waals surface area (Å²) in [5, 5.41) is 3.09. The van der Waals surface area contributed by atoms with E-state index in [9.17, 15) is 9.59 Å². The number of hydrogen-bond acceptors (Lipinski definition) is 4. The molecule has 1 aliphatic rings. The van der Waals surface area contributed by atoms with Crippen LogP contribution in [0.5, 0.6) is 0 Å². The first-order chi connectivity index (χ1) is 9.11. The highest BCUT2D eigenvalue weighted by Crippen LogP contribution is 2.25. The van der Waals surface area contributed by atoms with E-state index < -0.39 is 5.97 Å². The standard InChI is InChI=1S/C13H14ClNO4/c1-18-13(17)8-2-3-10(14)11(6-8)15-12(16)9-4-5-19-7-9/h2-3,6,9H,4-5,7H2,1H3,(H,15,16). The molecule has 0 aromatic heterocycles. The first-order valence-corrected chi connectivity index (χ1v) is 6.26. The molecule has 1 fully saturated rings. The molecule has 2 rings (SSSR count). The molecule has 0 spiro atoms. The van der Waals surface area contributed by atoms with Crippen molar-refractivity contribution >= 4 is 29.2 Å². The zero-order valence-corrected chi connectivity index (χ0v) is 11.2. The summed E-state index contributed by atoms with van der Waals surface area (Å²) >= 11 is 6.00. The number of nitrogens with one attached hydrogen (secondary N) is 1. The first-order valence-electron chi connectivity index (χ1n) is 5.88. The van der Waals surface area contributed by atoms with E-state index in [1.165, 1.54) is 13.2 Å². The van der Waals surface area contributed by atoms with Gasteiger partial charge in [0.1, 0.15) is 0 Å². The van der Waals surface area contributed by atoms with Gasteiger partial charge in [-0.05, 0) is 24.6 Å². The average Bonchev–Trinajstić information content (AvgIpc) is 2.94. The molecule has 1 unspecified atom stereocenters. The van der Waals surface area contributed by atoms with Crippen LogP contribution in [0, 0.1) is 5.92 Å². The SMILES string of the molecule is COC(=O)c1ccc(Cl)c(NC(=O)C2CCOC2)c1. The monoisotopic (exact) mass is 283 g/mol. The highest BCUT2D eigenvalue weighted by molar-refractivity contribution is 6.33. The molecule has 5 nitrogen and oxygen atoms in total. The topological polar surface area (TPSA) is 64.6 Å². The molecule has 1 N–H and O–H groups in total. The number of hydrogen-bond donors (Lipinski definition) is 1. The molecule has 0 radical (unpaired) electrons. The van der Waals surface area contributed by atoms with E-state index in [0.717, 1.165) is 0 Å². The van der Waals surface area contributed by atoms with Crippen LogP contribution in [0.25, 0.3) is 0 Å². The Balaban J connectivity index is 2.14. The lowest BCUT2D eigenvalue weighted by molar-refractivity contribution is -0.119. The Morgan fingerprint density at radius 3 is 2.89 bits per heavy atom. The van der Waals surface area contributed by atoms with Crippen molar-refractivity contribution in [2.24, 2.45) is 5.92 Å². The van der Waals surface area contributed by atoms with E-state index in [4.69, 9.17) is 16.3 Å². The number of benzene rings is 1. The minimum absolute atomic E-state index is 0.151. The maximum atomic E-state index is 12.0. The van der Waals surface area contributed by atoms with Crippen molar-refractivity contribution < 1.29 is 19.1 Å². The molecule has 1 heterocycles. The van der Waals surface area contributed by atoms with Gasteiger partial charge in [0.2, 0.25) is 5.91 Å². The van der Waals surface area contributed by atoms with Gasteiger partial charge in [0, 0.05) is 6.61 Å². The maximum absolute atomic E-state index is 12.0. The highest BCUT2D eigenvalue weighted by atomic mass is 35.5. The lowest BCUT2D eigenvalue weighted by atomic mass is 10.1. The second-order valence-electron chi connectivity index (χ2n) is 4.24. The lowest BCUT2D eigenvalue weighted by Crippen LogP contribution is -2.23. The Hall–Kier alpha value is -1.59. The van der Waals surface area contributed by atoms with Crippen LogP contribution in [0.3, 0.4) is 0 Å². The summed E-state index contributed by atoms with van der Waals surface area (Å²) in [4.78, 5) is 23.4. The van der Waals surface area contributed by atoms with Crippen molar-refractivity contribution in [2.75, 3.05) is 25.6 Å². The van der Waals surface area contributed by atoms with Crippen molar-refractivity contribution in [1.29, 1.82) is 0 Å². The number of rotatable bonds is 3. The summed E-state index contributed by atoms with van der Waals surface area (Å²) in [5.41, 5.74) is 0.742. The zero-order chi connectivity index (χ0) is 13.8. The van der Waals surface area contributed by atoms with E-state index in [-0.39, 0.29) is 11.8 Å². The average molecular weight is 284 g/mol. The number of esters is 1. The second-order valence-corrected chi connectivity index (χ2v) is 4.64. The molecule has 0 aliphatic carbocycles. The normalized spacial score (nSPS) is 18.1. The van der Waals surface area contributed by atoms with Gasteiger partial charge in [-0.3, -0.25) is 4.79 Å². The lowest BCUT2D eigenvalue weighted by Gasteiger charge is -2.11. The van der Waals surface area contributed by atoms with Gasteiger partial charge >= 0.3 is 5.97 Å². The summed E-state index contributed by atoms with van der Waals surface area (Å²) < 4.78 is 9.78. The molecule has 102 valence electrons. The molecule has 0 saturated carbocycles. The van der Waals surface area contributed by atoms with Crippen LogP contribution in [-0.4, -0.2) is 32.2 Å². The molecule has 1 aromatic rings. The van der Waals surface area contributed by atoms with E-state index >= 15 is 0 Å². The smallest absolute Gasteiger partial charge is 0.337 e. The predicted octanol–water partition coefficient (Wildman–Crippen LogP) is 2.10. The van der Waals surface area contributed by atoms with Gasteiger partial charge in [-0.2, -0.15) is 0 Å². The molecular formula is C13H14ClNO4. The third kappa shape index (κ3) is 3.24. The molecule has 6 heteroatoms. The van der Waals surface area contributed by atoms with Gasteiger partial charge in [0.25, 0.3) is 0 Å². The van der Waals surface area contributed by atoms with Crippen molar-refractivity contribution in [3.63, 3.8) is 0 Å². The second kappa shape index (κ2) is 6.04. The van der Waals surface area contributed by atoms with Crippen LogP contribution in [0.2, 0.25) is 5.02 Å². The number of methoxy groups -OCH3 is 1. The fraction of sp³-hybridized carbons (Fsp3) is 0.385. The molecule has 0 bridgehead atoms. The number of ether oxygens (including phenoxy) is 2. The summed E-state index contributed by atoms with van der Waals surface area (Å²) in [6, 6.07) is 4.60. The number of halogens is 1. The number of amides is 1. The fourth-order valence-corrected chi connectivity index (χ4v) is 2.01. The van der Waals surface area contributed by atoms with E-state index in [1.807, 2.05) is 0 Å². The van der Waals surface area contributed by atoms with Gasteiger partial charge in [-0.1, -0.05) is 11.6 Å². The third-order valence-electron chi connectivity index (χ3n) is 2.95. The van der Waals surface area contributed by atoms with E-state index in [0.29, 0.717) is 35.9 Å². The van der Waals surface area contributed by atoms with Crippen molar-refractivity contribution in [3.05, 3.63) is 28.8 Å². The van der Waals surface area contributed by atoms with Crippen LogP contribution < -0.4 is 5.32 Å². The first kappa shape index (κ1) is 13.8. The maximum Gasteiger partial charge on any atom is 0.337 e. The molecule has 1 atom stereocenters. The Morgan fingerprint density at radius 2 is 2.26 bits per heavy atom. The summed E-state index contributed by atoms with van der Waals surface area (Å²) in [6.07, 6.45) is 0.695. The fourth-order valence-electron chi connectivity index (χ4n) is 1.84. The van der Waals surface area contributed by atoms with Crippen LogP contribution >= 0.6 is 11.6 Å². The zero-order valence-electron chi connectivity index (χ0n) is 10.4. The molecule has 1 amide bonds. The summed E-state index contributed by atoms with van der Waals surface area (Å²) in [5.74, 6) is -0.796. The largest absolute Gasteiger partial charge is 0.465 e.